The number of thioether (sulfide) groups is 1. The number of hydrogen-bond acceptors (Lipinski definition) is 5. The van der Waals surface area contributed by atoms with Crippen molar-refractivity contribution in [2.75, 3.05) is 27.3 Å². The molecule has 0 fully saturated rings. The first-order chi connectivity index (χ1) is 12.6. The molecule has 1 heterocycles. The predicted molar refractivity (Wildman–Crippen MR) is 105 cm³/mol. The summed E-state index contributed by atoms with van der Waals surface area (Å²) < 4.78 is 10.6. The maximum absolute atomic E-state index is 13.0. The normalized spacial score (nSPS) is 13.5. The minimum atomic E-state index is -0.0990. The number of hydrogen-bond donors (Lipinski definition) is 0. The van der Waals surface area contributed by atoms with Crippen molar-refractivity contribution in [2.45, 2.75) is 12.7 Å². The molecule has 0 unspecified atom stereocenters. The van der Waals surface area contributed by atoms with E-state index in [-0.39, 0.29) is 5.91 Å². The van der Waals surface area contributed by atoms with Crippen molar-refractivity contribution in [3.63, 3.8) is 0 Å². The lowest BCUT2D eigenvalue weighted by molar-refractivity contribution is 0.0857. The quantitative estimate of drug-likeness (QED) is 0.804. The van der Waals surface area contributed by atoms with Crippen LogP contribution in [0.5, 0.6) is 11.5 Å². The van der Waals surface area contributed by atoms with Crippen molar-refractivity contribution in [2.24, 2.45) is 4.99 Å². The van der Waals surface area contributed by atoms with E-state index < -0.39 is 0 Å². The van der Waals surface area contributed by atoms with E-state index in [1.165, 1.54) is 11.1 Å². The lowest BCUT2D eigenvalue weighted by Gasteiger charge is -2.19. The van der Waals surface area contributed by atoms with Gasteiger partial charge in [0.1, 0.15) is 11.5 Å². The fourth-order valence-electron chi connectivity index (χ4n) is 2.77. The monoisotopic (exact) mass is 370 g/mol. The summed E-state index contributed by atoms with van der Waals surface area (Å²) in [6.45, 7) is 3.31. The third-order valence-electron chi connectivity index (χ3n) is 4.30. The fraction of sp³-hybridized carbons (Fsp3) is 0.300. The third-order valence-corrected chi connectivity index (χ3v) is 5.37. The van der Waals surface area contributed by atoms with Gasteiger partial charge in [-0.3, -0.25) is 14.7 Å². The zero-order valence-electron chi connectivity index (χ0n) is 15.2. The van der Waals surface area contributed by atoms with Crippen LogP contribution in [0.15, 0.2) is 47.5 Å². The molecule has 1 aliphatic heterocycles. The van der Waals surface area contributed by atoms with Crippen LogP contribution in [0.4, 0.5) is 0 Å². The Morgan fingerprint density at radius 3 is 2.73 bits per heavy atom. The fourth-order valence-corrected chi connectivity index (χ4v) is 3.89. The number of ether oxygens (including phenoxy) is 2. The largest absolute Gasteiger partial charge is 0.497 e. The maximum atomic E-state index is 13.0. The van der Waals surface area contributed by atoms with Gasteiger partial charge in [-0.25, -0.2) is 0 Å². The van der Waals surface area contributed by atoms with E-state index in [2.05, 4.69) is 24.0 Å². The third kappa shape index (κ3) is 3.85. The Morgan fingerprint density at radius 2 is 2.00 bits per heavy atom. The van der Waals surface area contributed by atoms with Crippen molar-refractivity contribution in [1.82, 2.24) is 4.90 Å². The van der Waals surface area contributed by atoms with Crippen molar-refractivity contribution in [1.29, 1.82) is 0 Å². The van der Waals surface area contributed by atoms with Gasteiger partial charge in [-0.05, 0) is 30.2 Å². The molecule has 5 nitrogen and oxygen atoms in total. The smallest absolute Gasteiger partial charge is 0.263 e. The van der Waals surface area contributed by atoms with Crippen LogP contribution in [0.1, 0.15) is 21.5 Å². The number of rotatable bonds is 5. The van der Waals surface area contributed by atoms with Gasteiger partial charge < -0.3 is 9.47 Å². The van der Waals surface area contributed by atoms with Gasteiger partial charge in [0.05, 0.1) is 26.3 Å². The minimum absolute atomic E-state index is 0.0990. The summed E-state index contributed by atoms with van der Waals surface area (Å²) >= 11 is 1.59. The Morgan fingerprint density at radius 1 is 1.19 bits per heavy atom. The molecule has 26 heavy (non-hydrogen) atoms. The van der Waals surface area contributed by atoms with Crippen LogP contribution in [0.25, 0.3) is 0 Å². The number of amidine groups is 1. The average molecular weight is 370 g/mol. The maximum Gasteiger partial charge on any atom is 0.263 e. The number of amides is 1. The Kier molecular flexibility index (Phi) is 5.83. The first-order valence-electron chi connectivity index (χ1n) is 8.39. The molecule has 0 N–H and O–H groups in total. The standard InChI is InChI=1S/C20H22N2O3S/c1-14-6-4-5-7-15(14)13-26-20-21-10-11-22(20)19(23)17-9-8-16(24-2)12-18(17)25-3/h4-9,12H,10-11,13H2,1-3H3. The molecule has 0 radical (unpaired) electrons. The van der Waals surface area contributed by atoms with Crippen LogP contribution in [0, 0.1) is 6.92 Å². The molecular weight excluding hydrogens is 348 g/mol. The molecule has 6 heteroatoms. The Hall–Kier alpha value is -2.47. The van der Waals surface area contributed by atoms with Gasteiger partial charge in [-0.2, -0.15) is 0 Å². The second-order valence-electron chi connectivity index (χ2n) is 5.90. The second kappa shape index (κ2) is 8.27. The average Bonchev–Trinajstić information content (AvgIpc) is 3.14. The molecule has 1 aliphatic rings. The van der Waals surface area contributed by atoms with Crippen molar-refractivity contribution >= 4 is 22.8 Å². The summed E-state index contributed by atoms with van der Waals surface area (Å²) in [5, 5.41) is 0.760. The molecule has 0 aliphatic carbocycles. The van der Waals surface area contributed by atoms with Crippen molar-refractivity contribution < 1.29 is 14.3 Å². The highest BCUT2D eigenvalue weighted by Crippen LogP contribution is 2.28. The van der Waals surface area contributed by atoms with Crippen LogP contribution in [-0.2, 0) is 5.75 Å². The van der Waals surface area contributed by atoms with E-state index in [0.717, 1.165) is 10.9 Å². The van der Waals surface area contributed by atoms with Gasteiger partial charge in [0, 0.05) is 18.4 Å². The predicted octanol–water partition coefficient (Wildman–Crippen LogP) is 3.76. The summed E-state index contributed by atoms with van der Waals surface area (Å²) in [4.78, 5) is 19.3. The van der Waals surface area contributed by atoms with Gasteiger partial charge in [-0.15, -0.1) is 0 Å². The number of aliphatic imine (C=N–C) groups is 1. The summed E-state index contributed by atoms with van der Waals surface area (Å²) in [5.41, 5.74) is 3.01. The topological polar surface area (TPSA) is 51.1 Å². The Bertz CT molecular complexity index is 836. The van der Waals surface area contributed by atoms with Crippen LogP contribution in [0.2, 0.25) is 0 Å². The van der Waals surface area contributed by atoms with Crippen molar-refractivity contribution in [3.05, 3.63) is 59.2 Å². The van der Waals surface area contributed by atoms with Crippen molar-refractivity contribution in [3.8, 4) is 11.5 Å². The highest BCUT2D eigenvalue weighted by atomic mass is 32.2. The lowest BCUT2D eigenvalue weighted by Crippen LogP contribution is -2.33. The first-order valence-corrected chi connectivity index (χ1v) is 9.38. The zero-order valence-corrected chi connectivity index (χ0v) is 16.0. The first kappa shape index (κ1) is 18.3. The van der Waals surface area contributed by atoms with Crippen LogP contribution >= 0.6 is 11.8 Å². The molecule has 0 spiro atoms. The molecule has 2 aromatic rings. The van der Waals surface area contributed by atoms with E-state index in [1.54, 1.807) is 49.1 Å². The van der Waals surface area contributed by atoms with Gasteiger partial charge in [0.2, 0.25) is 0 Å². The number of nitrogens with zero attached hydrogens (tertiary/aromatic N) is 2. The zero-order chi connectivity index (χ0) is 18.5. The SMILES string of the molecule is COc1ccc(C(=O)N2CCN=C2SCc2ccccc2C)c(OC)c1. The van der Waals surface area contributed by atoms with Gasteiger partial charge in [0.15, 0.2) is 5.17 Å². The number of carbonyl (C=O) groups is 1. The molecule has 0 saturated carbocycles. The highest BCUT2D eigenvalue weighted by molar-refractivity contribution is 8.13. The minimum Gasteiger partial charge on any atom is -0.497 e. The lowest BCUT2D eigenvalue weighted by atomic mass is 10.1. The summed E-state index contributed by atoms with van der Waals surface area (Å²) in [6.07, 6.45) is 0. The van der Waals surface area contributed by atoms with E-state index in [1.807, 2.05) is 12.1 Å². The molecular formula is C20H22N2O3S. The molecule has 136 valence electrons. The molecule has 0 saturated heterocycles. The number of methoxy groups -OCH3 is 2. The number of benzene rings is 2. The molecule has 2 aromatic carbocycles. The second-order valence-corrected chi connectivity index (χ2v) is 6.84. The molecule has 3 rings (SSSR count). The van der Waals surface area contributed by atoms with E-state index >= 15 is 0 Å². The molecule has 1 amide bonds. The Balaban J connectivity index is 1.75. The van der Waals surface area contributed by atoms with Crippen LogP contribution < -0.4 is 9.47 Å². The number of carbonyl (C=O) groups excluding carboxylic acids is 1. The molecule has 0 atom stereocenters. The summed E-state index contributed by atoms with van der Waals surface area (Å²) in [5.74, 6) is 1.85. The molecule has 0 aromatic heterocycles. The van der Waals surface area contributed by atoms with E-state index in [9.17, 15) is 4.79 Å². The van der Waals surface area contributed by atoms with Gasteiger partial charge >= 0.3 is 0 Å². The summed E-state index contributed by atoms with van der Waals surface area (Å²) in [7, 11) is 3.14. The van der Waals surface area contributed by atoms with Crippen LogP contribution in [-0.4, -0.2) is 43.3 Å². The number of aryl methyl sites for hydroxylation is 1. The van der Waals surface area contributed by atoms with E-state index in [0.29, 0.717) is 30.2 Å². The van der Waals surface area contributed by atoms with Gasteiger partial charge in [0.25, 0.3) is 5.91 Å². The van der Waals surface area contributed by atoms with E-state index in [4.69, 9.17) is 9.47 Å². The molecule has 0 bridgehead atoms. The highest BCUT2D eigenvalue weighted by Gasteiger charge is 2.27. The summed E-state index contributed by atoms with van der Waals surface area (Å²) in [6, 6.07) is 13.5. The van der Waals surface area contributed by atoms with Crippen LogP contribution in [0.3, 0.4) is 0 Å². The van der Waals surface area contributed by atoms with Gasteiger partial charge in [-0.1, -0.05) is 36.0 Å². The Labute approximate surface area is 158 Å².